The van der Waals surface area contributed by atoms with Gasteiger partial charge in [-0.3, -0.25) is 4.79 Å². The molecule has 166 valence electrons. The molecule has 0 saturated heterocycles. The van der Waals surface area contributed by atoms with E-state index in [-0.39, 0.29) is 5.78 Å². The van der Waals surface area contributed by atoms with Crippen molar-refractivity contribution < 1.29 is 4.79 Å². The molecule has 0 spiro atoms. The second kappa shape index (κ2) is 8.84. The van der Waals surface area contributed by atoms with Crippen molar-refractivity contribution in [2.75, 3.05) is 0 Å². The molecule has 4 heteroatoms. The standard InChI is InChI=1S/C31H21N3O/c35-31(26-19-11-17-22-12-7-8-18-25(22)26)29(23-13-3-1-4-14-23)30(24-15-5-2-6-16-24)34-28-21-10-9-20-27(28)32-33-34/h1-21H/b30-29+. The van der Waals surface area contributed by atoms with Gasteiger partial charge in [-0.15, -0.1) is 5.10 Å². The molecule has 0 atom stereocenters. The Morgan fingerprint density at radius 2 is 1.23 bits per heavy atom. The number of para-hydroxylation sites is 1. The summed E-state index contributed by atoms with van der Waals surface area (Å²) in [5, 5.41) is 10.9. The minimum atomic E-state index is -0.0635. The molecule has 0 aliphatic heterocycles. The number of aromatic nitrogens is 3. The monoisotopic (exact) mass is 451 g/mol. The van der Waals surface area contributed by atoms with Gasteiger partial charge in [-0.05, 0) is 28.5 Å². The van der Waals surface area contributed by atoms with E-state index in [2.05, 4.69) is 10.3 Å². The molecule has 5 aromatic carbocycles. The number of fused-ring (bicyclic) bond motifs is 2. The van der Waals surface area contributed by atoms with E-state index in [1.807, 2.05) is 127 Å². The van der Waals surface area contributed by atoms with Crippen LogP contribution in [0.15, 0.2) is 127 Å². The second-order valence-corrected chi connectivity index (χ2v) is 8.30. The fourth-order valence-corrected chi connectivity index (χ4v) is 4.54. The third kappa shape index (κ3) is 3.71. The van der Waals surface area contributed by atoms with Crippen molar-refractivity contribution in [2.24, 2.45) is 0 Å². The topological polar surface area (TPSA) is 47.8 Å². The molecule has 0 fully saturated rings. The maximum Gasteiger partial charge on any atom is 0.196 e. The van der Waals surface area contributed by atoms with E-state index in [4.69, 9.17) is 0 Å². The maximum atomic E-state index is 14.5. The fourth-order valence-electron chi connectivity index (χ4n) is 4.54. The molecular weight excluding hydrogens is 430 g/mol. The number of hydrogen-bond acceptors (Lipinski definition) is 3. The van der Waals surface area contributed by atoms with E-state index < -0.39 is 0 Å². The van der Waals surface area contributed by atoms with E-state index >= 15 is 0 Å². The number of nitrogens with zero attached hydrogens (tertiary/aromatic N) is 3. The van der Waals surface area contributed by atoms with Gasteiger partial charge in [-0.25, -0.2) is 4.68 Å². The lowest BCUT2D eigenvalue weighted by atomic mass is 9.90. The summed E-state index contributed by atoms with van der Waals surface area (Å²) in [6, 6.07) is 41.4. The van der Waals surface area contributed by atoms with Gasteiger partial charge in [0.05, 0.1) is 16.8 Å². The molecule has 0 saturated carbocycles. The van der Waals surface area contributed by atoms with Gasteiger partial charge in [0, 0.05) is 11.1 Å². The van der Waals surface area contributed by atoms with Gasteiger partial charge < -0.3 is 0 Å². The summed E-state index contributed by atoms with van der Waals surface area (Å²) in [5.41, 5.74) is 5.24. The van der Waals surface area contributed by atoms with Crippen molar-refractivity contribution in [3.63, 3.8) is 0 Å². The highest BCUT2D eigenvalue weighted by Crippen LogP contribution is 2.34. The van der Waals surface area contributed by atoms with Gasteiger partial charge in [-0.1, -0.05) is 120 Å². The lowest BCUT2D eigenvalue weighted by molar-refractivity contribution is 0.105. The maximum absolute atomic E-state index is 14.5. The Labute approximate surface area is 202 Å². The van der Waals surface area contributed by atoms with Crippen molar-refractivity contribution >= 4 is 38.9 Å². The van der Waals surface area contributed by atoms with Crippen molar-refractivity contribution in [2.45, 2.75) is 0 Å². The number of benzene rings is 5. The summed E-state index contributed by atoms with van der Waals surface area (Å²) in [5.74, 6) is -0.0635. The third-order valence-electron chi connectivity index (χ3n) is 6.17. The van der Waals surface area contributed by atoms with E-state index in [0.29, 0.717) is 16.8 Å². The van der Waals surface area contributed by atoms with Gasteiger partial charge in [0.15, 0.2) is 5.78 Å². The highest BCUT2D eigenvalue weighted by molar-refractivity contribution is 6.37. The zero-order valence-electron chi connectivity index (χ0n) is 18.9. The first-order chi connectivity index (χ1) is 17.3. The van der Waals surface area contributed by atoms with Crippen LogP contribution < -0.4 is 0 Å². The van der Waals surface area contributed by atoms with Crippen LogP contribution >= 0.6 is 0 Å². The number of Topliss-reactive ketones (excluding diaryl/α,β-unsaturated/α-hetero) is 1. The molecule has 0 bridgehead atoms. The van der Waals surface area contributed by atoms with E-state index in [9.17, 15) is 4.79 Å². The van der Waals surface area contributed by atoms with Crippen LogP contribution in [0.4, 0.5) is 0 Å². The van der Waals surface area contributed by atoms with E-state index in [0.717, 1.165) is 32.9 Å². The number of rotatable bonds is 5. The summed E-state index contributed by atoms with van der Waals surface area (Å²) in [6.45, 7) is 0. The van der Waals surface area contributed by atoms with Crippen LogP contribution in [0.2, 0.25) is 0 Å². The quantitative estimate of drug-likeness (QED) is 0.163. The summed E-state index contributed by atoms with van der Waals surface area (Å²) in [4.78, 5) is 14.5. The third-order valence-corrected chi connectivity index (χ3v) is 6.17. The minimum absolute atomic E-state index is 0.0635. The Kier molecular flexibility index (Phi) is 5.24. The highest BCUT2D eigenvalue weighted by Gasteiger charge is 2.25. The number of carbonyl (C=O) groups is 1. The smallest absolute Gasteiger partial charge is 0.196 e. The molecule has 0 aliphatic rings. The number of carbonyl (C=O) groups excluding carboxylic acids is 1. The predicted molar refractivity (Wildman–Crippen MR) is 141 cm³/mol. The minimum Gasteiger partial charge on any atom is -0.288 e. The Hall–Kier alpha value is -4.83. The Bertz CT molecular complexity index is 1690. The number of allylic oxidation sites excluding steroid dienone is 1. The first-order valence-corrected chi connectivity index (χ1v) is 11.5. The van der Waals surface area contributed by atoms with Crippen LogP contribution in [0, 0.1) is 0 Å². The molecule has 4 nitrogen and oxygen atoms in total. The molecule has 6 aromatic rings. The van der Waals surface area contributed by atoms with Gasteiger partial charge in [0.2, 0.25) is 0 Å². The van der Waals surface area contributed by atoms with Gasteiger partial charge in [0.1, 0.15) is 5.52 Å². The molecule has 0 radical (unpaired) electrons. The molecule has 0 N–H and O–H groups in total. The van der Waals surface area contributed by atoms with Gasteiger partial charge >= 0.3 is 0 Å². The van der Waals surface area contributed by atoms with Gasteiger partial charge in [0.25, 0.3) is 0 Å². The summed E-state index contributed by atoms with van der Waals surface area (Å²) in [6.07, 6.45) is 0. The second-order valence-electron chi connectivity index (χ2n) is 8.30. The van der Waals surface area contributed by atoms with Crippen molar-refractivity contribution in [3.8, 4) is 0 Å². The normalized spacial score (nSPS) is 12.0. The summed E-state index contributed by atoms with van der Waals surface area (Å²) < 4.78 is 1.79. The highest BCUT2D eigenvalue weighted by atomic mass is 16.1. The van der Waals surface area contributed by atoms with Crippen molar-refractivity contribution in [1.29, 1.82) is 0 Å². The van der Waals surface area contributed by atoms with E-state index in [1.165, 1.54) is 0 Å². The van der Waals surface area contributed by atoms with Gasteiger partial charge in [-0.2, -0.15) is 0 Å². The molecule has 0 amide bonds. The van der Waals surface area contributed by atoms with Crippen LogP contribution in [0.3, 0.4) is 0 Å². The molecule has 35 heavy (non-hydrogen) atoms. The average Bonchev–Trinajstić information content (AvgIpc) is 3.36. The molecule has 0 aliphatic carbocycles. The zero-order chi connectivity index (χ0) is 23.6. The number of hydrogen-bond donors (Lipinski definition) is 0. The first-order valence-electron chi connectivity index (χ1n) is 11.5. The predicted octanol–water partition coefficient (Wildman–Crippen LogP) is 6.88. The lowest BCUT2D eigenvalue weighted by Crippen LogP contribution is -2.12. The van der Waals surface area contributed by atoms with Crippen LogP contribution in [0.1, 0.15) is 21.5 Å². The van der Waals surface area contributed by atoms with Crippen LogP contribution in [-0.2, 0) is 0 Å². The van der Waals surface area contributed by atoms with Crippen molar-refractivity contribution in [1.82, 2.24) is 15.0 Å². The SMILES string of the molecule is O=C(/C(=C(\c1ccccc1)n1nnc2ccccc21)c1ccccc1)c1cccc2ccccc12. The largest absolute Gasteiger partial charge is 0.288 e. The lowest BCUT2D eigenvalue weighted by Gasteiger charge is -2.17. The number of ketones is 1. The molecule has 6 rings (SSSR count). The average molecular weight is 452 g/mol. The van der Waals surface area contributed by atoms with Crippen molar-refractivity contribution in [3.05, 3.63) is 144 Å². The molecule has 1 heterocycles. The molecule has 1 aromatic heterocycles. The Morgan fingerprint density at radius 1 is 0.600 bits per heavy atom. The zero-order valence-corrected chi connectivity index (χ0v) is 18.9. The Morgan fingerprint density at radius 3 is 2.03 bits per heavy atom. The molecule has 0 unspecified atom stereocenters. The van der Waals surface area contributed by atoms with Crippen LogP contribution in [-0.4, -0.2) is 20.8 Å². The van der Waals surface area contributed by atoms with E-state index in [1.54, 1.807) is 4.68 Å². The van der Waals surface area contributed by atoms with Crippen LogP contribution in [0.5, 0.6) is 0 Å². The fraction of sp³-hybridized carbons (Fsp3) is 0. The Balaban J connectivity index is 1.73. The summed E-state index contributed by atoms with van der Waals surface area (Å²) in [7, 11) is 0. The molecular formula is C31H21N3O. The van der Waals surface area contributed by atoms with Crippen LogP contribution in [0.25, 0.3) is 33.1 Å². The first kappa shape index (κ1) is 20.8. The summed E-state index contributed by atoms with van der Waals surface area (Å²) >= 11 is 0.